The average molecular weight is 577 g/mol. The lowest BCUT2D eigenvalue weighted by Crippen LogP contribution is -2.34. The molecule has 0 atom stereocenters. The number of halogens is 2. The van der Waals surface area contributed by atoms with Gasteiger partial charge in [-0.05, 0) is 55.9 Å². The molecule has 1 aliphatic rings. The molecular weight excluding hydrogens is 546 g/mol. The number of aromatic nitrogens is 2. The van der Waals surface area contributed by atoms with Gasteiger partial charge in [0.25, 0.3) is 0 Å². The first-order valence-corrected chi connectivity index (χ1v) is 13.0. The van der Waals surface area contributed by atoms with Crippen LogP contribution >= 0.6 is 31.9 Å². The van der Waals surface area contributed by atoms with E-state index >= 15 is 0 Å². The van der Waals surface area contributed by atoms with Crippen LogP contribution in [-0.2, 0) is 6.54 Å². The van der Waals surface area contributed by atoms with Crippen molar-refractivity contribution in [3.63, 3.8) is 0 Å². The highest BCUT2D eigenvalue weighted by molar-refractivity contribution is 9.11. The number of hydrogen-bond acceptors (Lipinski definition) is 6. The largest absolute Gasteiger partial charge is 0.496 e. The number of benzene rings is 2. The first kappa shape index (κ1) is 24.2. The van der Waals surface area contributed by atoms with E-state index < -0.39 is 0 Å². The molecule has 0 bridgehead atoms. The Balaban J connectivity index is 1.30. The Labute approximate surface area is 212 Å². The summed E-state index contributed by atoms with van der Waals surface area (Å²) >= 11 is 7.20. The van der Waals surface area contributed by atoms with Gasteiger partial charge in [0.05, 0.1) is 12.6 Å². The molecule has 0 unspecified atom stereocenters. The van der Waals surface area contributed by atoms with Gasteiger partial charge >= 0.3 is 0 Å². The van der Waals surface area contributed by atoms with E-state index in [2.05, 4.69) is 54.6 Å². The Morgan fingerprint density at radius 1 is 1.06 bits per heavy atom. The van der Waals surface area contributed by atoms with Gasteiger partial charge in [-0.1, -0.05) is 44.0 Å². The molecular formula is C25H31Br2N5O. The molecule has 33 heavy (non-hydrogen) atoms. The molecule has 1 heterocycles. The van der Waals surface area contributed by atoms with Crippen LogP contribution in [0.1, 0.15) is 31.2 Å². The molecule has 0 radical (unpaired) electrons. The molecule has 1 aromatic heterocycles. The predicted octanol–water partition coefficient (Wildman–Crippen LogP) is 5.99. The van der Waals surface area contributed by atoms with E-state index in [1.165, 1.54) is 25.7 Å². The molecule has 4 rings (SSSR count). The fourth-order valence-corrected chi connectivity index (χ4v) is 5.79. The number of fused-ring (bicyclic) bond motifs is 1. The van der Waals surface area contributed by atoms with Gasteiger partial charge in [0.2, 0.25) is 5.95 Å². The fraction of sp³-hybridized carbons (Fsp3) is 0.440. The van der Waals surface area contributed by atoms with Gasteiger partial charge in [0, 0.05) is 53.1 Å². The van der Waals surface area contributed by atoms with Crippen LogP contribution in [0.5, 0.6) is 5.75 Å². The topological polar surface area (TPSA) is 62.3 Å². The zero-order valence-corrected chi connectivity index (χ0v) is 22.5. The number of anilines is 2. The molecule has 0 amide bonds. The van der Waals surface area contributed by atoms with Crippen molar-refractivity contribution in [3.8, 4) is 5.75 Å². The Morgan fingerprint density at radius 2 is 1.82 bits per heavy atom. The molecule has 0 aliphatic heterocycles. The van der Waals surface area contributed by atoms with Gasteiger partial charge in [0.15, 0.2) is 0 Å². The molecule has 1 aliphatic carbocycles. The molecule has 1 fully saturated rings. The van der Waals surface area contributed by atoms with E-state index in [0.717, 1.165) is 50.1 Å². The summed E-state index contributed by atoms with van der Waals surface area (Å²) < 4.78 is 7.64. The number of methoxy groups -OCH3 is 1. The van der Waals surface area contributed by atoms with E-state index in [-0.39, 0.29) is 0 Å². The minimum atomic E-state index is 0.527. The molecule has 0 spiro atoms. The molecule has 176 valence electrons. The van der Waals surface area contributed by atoms with Crippen molar-refractivity contribution in [1.82, 2.24) is 15.3 Å². The van der Waals surface area contributed by atoms with Crippen molar-refractivity contribution in [2.24, 2.45) is 5.92 Å². The number of hydrogen-bond donors (Lipinski definition) is 2. The molecule has 1 saturated carbocycles. The summed E-state index contributed by atoms with van der Waals surface area (Å²) in [6.07, 6.45) is 4.73. The van der Waals surface area contributed by atoms with E-state index in [4.69, 9.17) is 14.7 Å². The summed E-state index contributed by atoms with van der Waals surface area (Å²) in [6.45, 7) is 1.70. The quantitative estimate of drug-likeness (QED) is 0.343. The van der Waals surface area contributed by atoms with Crippen LogP contribution in [0, 0.1) is 5.92 Å². The van der Waals surface area contributed by atoms with Gasteiger partial charge in [-0.3, -0.25) is 0 Å². The van der Waals surface area contributed by atoms with Crippen molar-refractivity contribution in [3.05, 3.63) is 50.9 Å². The Bertz CT molecular complexity index is 1100. The molecule has 2 aromatic carbocycles. The van der Waals surface area contributed by atoms with Crippen LogP contribution in [0.4, 0.5) is 11.8 Å². The van der Waals surface area contributed by atoms with Crippen LogP contribution in [0.15, 0.2) is 45.3 Å². The van der Waals surface area contributed by atoms with Crippen LogP contribution in [0.2, 0.25) is 0 Å². The lowest BCUT2D eigenvalue weighted by molar-refractivity contribution is 0.298. The zero-order chi connectivity index (χ0) is 23.4. The number of para-hydroxylation sites is 1. The highest BCUT2D eigenvalue weighted by Crippen LogP contribution is 2.32. The van der Waals surface area contributed by atoms with Gasteiger partial charge in [-0.25, -0.2) is 4.98 Å². The molecule has 6 nitrogen and oxygen atoms in total. The van der Waals surface area contributed by atoms with Crippen LogP contribution in [0.3, 0.4) is 0 Å². The minimum Gasteiger partial charge on any atom is -0.496 e. The minimum absolute atomic E-state index is 0.527. The van der Waals surface area contributed by atoms with Crippen molar-refractivity contribution in [2.45, 2.75) is 38.3 Å². The third kappa shape index (κ3) is 5.97. The summed E-state index contributed by atoms with van der Waals surface area (Å²) in [7, 11) is 5.77. The smallest absolute Gasteiger partial charge is 0.225 e. The van der Waals surface area contributed by atoms with Crippen molar-refractivity contribution >= 4 is 54.5 Å². The number of nitrogens with one attached hydrogen (secondary N) is 2. The fourth-order valence-electron chi connectivity index (χ4n) is 4.47. The summed E-state index contributed by atoms with van der Waals surface area (Å²) in [4.78, 5) is 11.5. The maximum atomic E-state index is 5.56. The second-order valence-corrected chi connectivity index (χ2v) is 10.6. The van der Waals surface area contributed by atoms with Gasteiger partial charge in [0.1, 0.15) is 11.6 Å². The lowest BCUT2D eigenvalue weighted by atomic mass is 9.86. The third-order valence-corrected chi connectivity index (χ3v) is 7.47. The van der Waals surface area contributed by atoms with E-state index in [9.17, 15) is 0 Å². The van der Waals surface area contributed by atoms with Crippen molar-refractivity contribution < 1.29 is 4.74 Å². The van der Waals surface area contributed by atoms with E-state index in [1.54, 1.807) is 7.11 Å². The molecule has 8 heteroatoms. The van der Waals surface area contributed by atoms with Gasteiger partial charge in [-0.15, -0.1) is 0 Å². The van der Waals surface area contributed by atoms with Crippen LogP contribution in [0.25, 0.3) is 10.9 Å². The summed E-state index contributed by atoms with van der Waals surface area (Å²) in [5.41, 5.74) is 2.13. The van der Waals surface area contributed by atoms with Gasteiger partial charge in [-0.2, -0.15) is 4.98 Å². The summed E-state index contributed by atoms with van der Waals surface area (Å²) in [6, 6.07) is 12.8. The molecule has 0 saturated heterocycles. The van der Waals surface area contributed by atoms with Crippen molar-refractivity contribution in [2.75, 3.05) is 38.0 Å². The lowest BCUT2D eigenvalue weighted by Gasteiger charge is -2.29. The summed E-state index contributed by atoms with van der Waals surface area (Å²) in [5, 5.41) is 8.31. The number of nitrogens with zero attached hydrogens (tertiary/aromatic N) is 3. The van der Waals surface area contributed by atoms with Gasteiger partial charge < -0.3 is 20.3 Å². The number of ether oxygens (including phenoxy) is 1. The maximum absolute atomic E-state index is 5.56. The molecule has 3 aromatic rings. The average Bonchev–Trinajstić information content (AvgIpc) is 2.81. The third-order valence-electron chi connectivity index (χ3n) is 6.31. The zero-order valence-electron chi connectivity index (χ0n) is 19.4. The van der Waals surface area contributed by atoms with Crippen LogP contribution in [-0.4, -0.2) is 43.8 Å². The SMILES string of the molecule is COc1cc(Br)cc(Br)c1CNC1CCC(CNc2nc(N(C)C)c3ccccc3n2)CC1. The predicted molar refractivity (Wildman–Crippen MR) is 143 cm³/mol. The van der Waals surface area contributed by atoms with Crippen molar-refractivity contribution in [1.29, 1.82) is 0 Å². The second-order valence-electron chi connectivity index (χ2n) is 8.83. The second kappa shape index (κ2) is 11.0. The Morgan fingerprint density at radius 3 is 2.55 bits per heavy atom. The standard InChI is InChI=1S/C25H31Br2N5O/c1-32(2)24-19-6-4-5-7-22(19)30-25(31-24)29-14-16-8-10-18(11-9-16)28-15-20-21(27)12-17(26)13-23(20)33-3/h4-7,12-13,16,18,28H,8-11,14-15H2,1-3H3,(H,29,30,31). The van der Waals surface area contributed by atoms with E-state index in [0.29, 0.717) is 17.9 Å². The Hall–Kier alpha value is -1.90. The van der Waals surface area contributed by atoms with E-state index in [1.807, 2.05) is 43.3 Å². The Kier molecular flexibility index (Phi) is 8.09. The maximum Gasteiger partial charge on any atom is 0.225 e. The highest BCUT2D eigenvalue weighted by atomic mass is 79.9. The van der Waals surface area contributed by atoms with Crippen LogP contribution < -0.4 is 20.3 Å². The molecule has 2 N–H and O–H groups in total. The first-order chi connectivity index (χ1) is 15.9. The summed E-state index contributed by atoms with van der Waals surface area (Å²) in [5.74, 6) is 3.19. The monoisotopic (exact) mass is 575 g/mol. The number of rotatable bonds is 8. The highest BCUT2D eigenvalue weighted by Gasteiger charge is 2.22. The first-order valence-electron chi connectivity index (χ1n) is 11.4. The normalized spacial score (nSPS) is 18.3.